The smallest absolute Gasteiger partial charge is 0.241 e. The molecule has 6 heteroatoms. The van der Waals surface area contributed by atoms with Crippen molar-refractivity contribution in [1.82, 2.24) is 4.90 Å². The molecular weight excluding hydrogens is 357 g/mol. The Bertz CT molecular complexity index is 819. The van der Waals surface area contributed by atoms with E-state index >= 15 is 0 Å². The molecule has 1 fully saturated rings. The van der Waals surface area contributed by atoms with E-state index in [1.54, 1.807) is 19.1 Å². The Kier molecular flexibility index (Phi) is 6.52. The van der Waals surface area contributed by atoms with E-state index in [9.17, 15) is 9.18 Å². The first kappa shape index (κ1) is 20.1. The normalized spacial score (nSPS) is 15.9. The van der Waals surface area contributed by atoms with E-state index in [2.05, 4.69) is 21.2 Å². The van der Waals surface area contributed by atoms with Crippen LogP contribution in [0.4, 0.5) is 15.8 Å². The minimum atomic E-state index is -0.313. The summed E-state index contributed by atoms with van der Waals surface area (Å²) in [5.41, 5.74) is 2.15. The van der Waals surface area contributed by atoms with Gasteiger partial charge in [0.2, 0.25) is 5.91 Å². The molecular formula is C22H28FN3O2. The Morgan fingerprint density at radius 3 is 2.57 bits per heavy atom. The van der Waals surface area contributed by atoms with Crippen molar-refractivity contribution in [2.45, 2.75) is 26.8 Å². The summed E-state index contributed by atoms with van der Waals surface area (Å²) in [7, 11) is 0. The number of halogens is 1. The summed E-state index contributed by atoms with van der Waals surface area (Å²) in [6.07, 6.45) is 0. The number of carbonyl (C=O) groups is 1. The molecule has 1 atom stereocenters. The third-order valence-electron chi connectivity index (χ3n) is 5.19. The molecule has 1 heterocycles. The fraction of sp³-hybridized carbons (Fsp3) is 0.409. The average molecular weight is 385 g/mol. The first-order chi connectivity index (χ1) is 13.5. The number of hydrogen-bond donors (Lipinski definition) is 1. The Hall–Kier alpha value is -2.60. The summed E-state index contributed by atoms with van der Waals surface area (Å²) >= 11 is 0. The molecule has 150 valence electrons. The van der Waals surface area contributed by atoms with E-state index in [1.807, 2.05) is 32.0 Å². The predicted molar refractivity (Wildman–Crippen MR) is 111 cm³/mol. The van der Waals surface area contributed by atoms with E-state index in [0.717, 1.165) is 37.6 Å². The highest BCUT2D eigenvalue weighted by molar-refractivity contribution is 5.94. The van der Waals surface area contributed by atoms with Crippen molar-refractivity contribution in [3.8, 4) is 5.75 Å². The summed E-state index contributed by atoms with van der Waals surface area (Å²) in [5.74, 6) is 0.462. The first-order valence-corrected chi connectivity index (χ1v) is 9.77. The molecule has 2 aromatic rings. The van der Waals surface area contributed by atoms with Crippen molar-refractivity contribution in [1.29, 1.82) is 0 Å². The van der Waals surface area contributed by atoms with Gasteiger partial charge in [0.15, 0.2) is 0 Å². The lowest BCUT2D eigenvalue weighted by molar-refractivity contribution is -0.120. The second kappa shape index (κ2) is 9.06. The van der Waals surface area contributed by atoms with Crippen LogP contribution in [0, 0.1) is 12.7 Å². The van der Waals surface area contributed by atoms with Gasteiger partial charge in [-0.15, -0.1) is 0 Å². The van der Waals surface area contributed by atoms with Crippen LogP contribution in [0.3, 0.4) is 0 Å². The highest BCUT2D eigenvalue weighted by atomic mass is 19.1. The van der Waals surface area contributed by atoms with Gasteiger partial charge in [0, 0.05) is 31.9 Å². The van der Waals surface area contributed by atoms with Gasteiger partial charge in [-0.2, -0.15) is 0 Å². The molecule has 1 N–H and O–H groups in total. The number of benzene rings is 2. The fourth-order valence-corrected chi connectivity index (χ4v) is 3.43. The lowest BCUT2D eigenvalue weighted by Gasteiger charge is -2.39. The number of para-hydroxylation sites is 2. The highest BCUT2D eigenvalue weighted by Crippen LogP contribution is 2.29. The number of piperazine rings is 1. The van der Waals surface area contributed by atoms with Gasteiger partial charge in [0.1, 0.15) is 11.6 Å². The Balaban J connectivity index is 1.58. The molecule has 1 amide bonds. The van der Waals surface area contributed by atoms with Crippen LogP contribution in [-0.4, -0.2) is 49.6 Å². The second-order valence-electron chi connectivity index (χ2n) is 7.05. The summed E-state index contributed by atoms with van der Waals surface area (Å²) < 4.78 is 19.4. The molecule has 0 aliphatic carbocycles. The van der Waals surface area contributed by atoms with Gasteiger partial charge < -0.3 is 15.0 Å². The van der Waals surface area contributed by atoms with E-state index in [1.165, 1.54) is 6.07 Å². The van der Waals surface area contributed by atoms with Crippen LogP contribution in [0.2, 0.25) is 0 Å². The molecule has 2 aromatic carbocycles. The zero-order chi connectivity index (χ0) is 20.1. The molecule has 28 heavy (non-hydrogen) atoms. The number of amides is 1. The molecule has 1 aliphatic heterocycles. The number of hydrogen-bond acceptors (Lipinski definition) is 4. The van der Waals surface area contributed by atoms with E-state index in [-0.39, 0.29) is 17.8 Å². The lowest BCUT2D eigenvalue weighted by Crippen LogP contribution is -2.52. The summed E-state index contributed by atoms with van der Waals surface area (Å²) in [5, 5.41) is 2.82. The van der Waals surface area contributed by atoms with Crippen LogP contribution in [0.25, 0.3) is 0 Å². The maximum atomic E-state index is 13.7. The molecule has 0 unspecified atom stereocenters. The summed E-state index contributed by atoms with van der Waals surface area (Å²) in [6, 6.07) is 12.5. The first-order valence-electron chi connectivity index (χ1n) is 9.77. The quantitative estimate of drug-likeness (QED) is 0.824. The molecule has 5 nitrogen and oxygen atoms in total. The predicted octanol–water partition coefficient (Wildman–Crippen LogP) is 3.68. The van der Waals surface area contributed by atoms with Crippen LogP contribution in [-0.2, 0) is 4.79 Å². The number of carbonyl (C=O) groups excluding carboxylic acids is 1. The third-order valence-corrected chi connectivity index (χ3v) is 5.19. The van der Waals surface area contributed by atoms with Crippen LogP contribution in [0.15, 0.2) is 42.5 Å². The molecule has 0 bridgehead atoms. The summed E-state index contributed by atoms with van der Waals surface area (Å²) in [6.45, 7) is 9.40. The average Bonchev–Trinajstić information content (AvgIpc) is 2.71. The largest absolute Gasteiger partial charge is 0.492 e. The van der Waals surface area contributed by atoms with Gasteiger partial charge >= 0.3 is 0 Å². The Morgan fingerprint density at radius 1 is 1.18 bits per heavy atom. The standard InChI is InChI=1S/C22H28FN3O2/c1-4-28-21-8-6-5-7-20(21)26-13-11-25(12-14-26)17(3)22(27)24-18-10-9-16(2)19(23)15-18/h5-10,15,17H,4,11-14H2,1-3H3,(H,24,27)/t17-/m1/s1. The topological polar surface area (TPSA) is 44.8 Å². The number of ether oxygens (including phenoxy) is 1. The van der Waals surface area contributed by atoms with Crippen molar-refractivity contribution in [3.63, 3.8) is 0 Å². The maximum absolute atomic E-state index is 13.7. The number of anilines is 2. The number of nitrogens with one attached hydrogen (secondary N) is 1. The van der Waals surface area contributed by atoms with Crippen molar-refractivity contribution < 1.29 is 13.9 Å². The van der Waals surface area contributed by atoms with Gasteiger partial charge in [-0.1, -0.05) is 18.2 Å². The maximum Gasteiger partial charge on any atom is 0.241 e. The Morgan fingerprint density at radius 2 is 1.89 bits per heavy atom. The SMILES string of the molecule is CCOc1ccccc1N1CCN([C@H](C)C(=O)Nc2ccc(C)c(F)c2)CC1. The number of rotatable bonds is 6. The van der Waals surface area contributed by atoms with Crippen molar-refractivity contribution in [2.24, 2.45) is 0 Å². The minimum absolute atomic E-state index is 0.119. The molecule has 0 radical (unpaired) electrons. The minimum Gasteiger partial charge on any atom is -0.492 e. The molecule has 0 spiro atoms. The molecule has 3 rings (SSSR count). The monoisotopic (exact) mass is 385 g/mol. The number of nitrogens with zero attached hydrogens (tertiary/aromatic N) is 2. The van der Waals surface area contributed by atoms with Crippen molar-refractivity contribution >= 4 is 17.3 Å². The van der Waals surface area contributed by atoms with Crippen LogP contribution < -0.4 is 15.0 Å². The van der Waals surface area contributed by atoms with Crippen LogP contribution >= 0.6 is 0 Å². The summed E-state index contributed by atoms with van der Waals surface area (Å²) in [4.78, 5) is 17.0. The van der Waals surface area contributed by atoms with E-state index in [0.29, 0.717) is 17.9 Å². The number of aryl methyl sites for hydroxylation is 1. The van der Waals surface area contributed by atoms with Gasteiger partial charge in [-0.3, -0.25) is 9.69 Å². The molecule has 0 saturated carbocycles. The molecule has 0 aromatic heterocycles. The van der Waals surface area contributed by atoms with Crippen molar-refractivity contribution in [2.75, 3.05) is 43.0 Å². The zero-order valence-corrected chi connectivity index (χ0v) is 16.7. The fourth-order valence-electron chi connectivity index (χ4n) is 3.43. The lowest BCUT2D eigenvalue weighted by atomic mass is 10.1. The van der Waals surface area contributed by atoms with E-state index in [4.69, 9.17) is 4.74 Å². The third kappa shape index (κ3) is 4.62. The van der Waals surface area contributed by atoms with Crippen molar-refractivity contribution in [3.05, 3.63) is 53.8 Å². The van der Waals surface area contributed by atoms with E-state index < -0.39 is 0 Å². The van der Waals surface area contributed by atoms with Gasteiger partial charge in [0.25, 0.3) is 0 Å². The molecule has 1 aliphatic rings. The van der Waals surface area contributed by atoms with Crippen LogP contribution in [0.1, 0.15) is 19.4 Å². The molecule has 1 saturated heterocycles. The van der Waals surface area contributed by atoms with Crippen LogP contribution in [0.5, 0.6) is 5.75 Å². The second-order valence-corrected chi connectivity index (χ2v) is 7.05. The Labute approximate surface area is 166 Å². The van der Waals surface area contributed by atoms with Gasteiger partial charge in [-0.25, -0.2) is 4.39 Å². The van der Waals surface area contributed by atoms with Gasteiger partial charge in [-0.05, 0) is 50.6 Å². The highest BCUT2D eigenvalue weighted by Gasteiger charge is 2.26. The zero-order valence-electron chi connectivity index (χ0n) is 16.7. The van der Waals surface area contributed by atoms with Gasteiger partial charge in [0.05, 0.1) is 18.3 Å².